The van der Waals surface area contributed by atoms with Gasteiger partial charge < -0.3 is 10.2 Å². The molecule has 8 heteroatoms. The van der Waals surface area contributed by atoms with Gasteiger partial charge in [0.05, 0.1) is 4.90 Å². The molecule has 2 amide bonds. The van der Waals surface area contributed by atoms with Gasteiger partial charge in [-0.1, -0.05) is 19.9 Å². The average Bonchev–Trinajstić information content (AvgIpc) is 2.65. The highest BCUT2D eigenvalue weighted by molar-refractivity contribution is 7.89. The Kier molecular flexibility index (Phi) is 9.61. The van der Waals surface area contributed by atoms with E-state index in [1.54, 1.807) is 37.8 Å². The Balaban J connectivity index is 2.78. The Morgan fingerprint density at radius 1 is 0.964 bits per heavy atom. The van der Waals surface area contributed by atoms with Crippen molar-refractivity contribution in [3.8, 4) is 0 Å². The summed E-state index contributed by atoms with van der Waals surface area (Å²) in [5, 5.41) is 2.74. The highest BCUT2D eigenvalue weighted by Gasteiger charge is 2.24. The fraction of sp³-hybridized carbons (Fsp3) is 0.600. The van der Waals surface area contributed by atoms with Gasteiger partial charge in [-0.2, -0.15) is 4.31 Å². The lowest BCUT2D eigenvalue weighted by atomic mass is 10.2. The molecule has 0 aliphatic rings. The molecule has 0 aliphatic heterocycles. The maximum absolute atomic E-state index is 12.8. The van der Waals surface area contributed by atoms with Crippen LogP contribution in [0.2, 0.25) is 0 Å². The molecule has 158 valence electrons. The number of carbonyl (C=O) groups excluding carboxylic acids is 2. The molecular weight excluding hydrogens is 378 g/mol. The molecule has 1 aromatic rings. The summed E-state index contributed by atoms with van der Waals surface area (Å²) in [6.45, 7) is 11.3. The Morgan fingerprint density at radius 3 is 2.11 bits per heavy atom. The van der Waals surface area contributed by atoms with E-state index < -0.39 is 10.0 Å². The minimum absolute atomic E-state index is 0.0424. The van der Waals surface area contributed by atoms with Gasteiger partial charge in [0.15, 0.2) is 0 Å². The summed E-state index contributed by atoms with van der Waals surface area (Å²) in [6, 6.07) is 4.88. The zero-order chi connectivity index (χ0) is 21.3. The van der Waals surface area contributed by atoms with Crippen LogP contribution in [0.15, 0.2) is 23.1 Å². The zero-order valence-electron chi connectivity index (χ0n) is 17.6. The smallest absolute Gasteiger partial charge is 0.243 e. The number of hydrogen-bond donors (Lipinski definition) is 1. The Hall–Kier alpha value is -1.93. The number of hydrogen-bond acceptors (Lipinski definition) is 4. The van der Waals surface area contributed by atoms with E-state index in [1.807, 2.05) is 13.8 Å². The summed E-state index contributed by atoms with van der Waals surface area (Å²) >= 11 is 0. The molecule has 0 heterocycles. The normalized spacial score (nSPS) is 11.5. The van der Waals surface area contributed by atoms with Gasteiger partial charge in [-0.3, -0.25) is 9.59 Å². The molecule has 7 nitrogen and oxygen atoms in total. The van der Waals surface area contributed by atoms with Crippen molar-refractivity contribution in [1.82, 2.24) is 9.21 Å². The standard InChI is InChI=1S/C20H33N3O4S/c1-6-22(7-2)20(25)12-10-11-19(24)21-17-14-13-16(5)18(15-17)28(26,27)23(8-3)9-4/h13-15H,6-12H2,1-5H3,(H,21,24). The molecular formula is C20H33N3O4S. The second kappa shape index (κ2) is 11.2. The van der Waals surface area contributed by atoms with E-state index in [0.29, 0.717) is 50.3 Å². The third-order valence-electron chi connectivity index (χ3n) is 4.71. The SMILES string of the molecule is CCN(CC)C(=O)CCCC(=O)Nc1ccc(C)c(S(=O)(=O)N(CC)CC)c1. The summed E-state index contributed by atoms with van der Waals surface area (Å²) in [6.07, 6.45) is 0.987. The van der Waals surface area contributed by atoms with E-state index in [9.17, 15) is 18.0 Å². The van der Waals surface area contributed by atoms with Gasteiger partial charge in [0, 0.05) is 44.7 Å². The molecule has 0 bridgehead atoms. The Labute approximate surface area is 169 Å². The van der Waals surface area contributed by atoms with Crippen molar-refractivity contribution in [2.75, 3.05) is 31.5 Å². The van der Waals surface area contributed by atoms with Gasteiger partial charge in [-0.25, -0.2) is 8.42 Å². The molecule has 0 aromatic heterocycles. The monoisotopic (exact) mass is 411 g/mol. The van der Waals surface area contributed by atoms with Gasteiger partial charge in [0.1, 0.15) is 0 Å². The second-order valence-electron chi connectivity index (χ2n) is 6.54. The van der Waals surface area contributed by atoms with Crippen LogP contribution in [0.5, 0.6) is 0 Å². The molecule has 0 radical (unpaired) electrons. The summed E-state index contributed by atoms with van der Waals surface area (Å²) < 4.78 is 27.0. The number of amides is 2. The maximum Gasteiger partial charge on any atom is 0.243 e. The number of nitrogens with zero attached hydrogens (tertiary/aromatic N) is 2. The molecule has 0 unspecified atom stereocenters. The average molecular weight is 412 g/mol. The molecule has 1 N–H and O–H groups in total. The summed E-state index contributed by atoms with van der Waals surface area (Å²) in [5.74, 6) is -0.192. The van der Waals surface area contributed by atoms with Crippen molar-refractivity contribution in [2.45, 2.75) is 58.8 Å². The fourth-order valence-corrected chi connectivity index (χ4v) is 4.73. The second-order valence-corrected chi connectivity index (χ2v) is 8.44. The van der Waals surface area contributed by atoms with Crippen LogP contribution < -0.4 is 5.32 Å². The summed E-state index contributed by atoms with van der Waals surface area (Å²) in [4.78, 5) is 26.1. The number of anilines is 1. The number of nitrogens with one attached hydrogen (secondary N) is 1. The minimum atomic E-state index is -3.60. The molecule has 0 fully saturated rings. The van der Waals surface area contributed by atoms with E-state index in [-0.39, 0.29) is 23.1 Å². The van der Waals surface area contributed by atoms with Crippen LogP contribution in [0.1, 0.15) is 52.5 Å². The van der Waals surface area contributed by atoms with Gasteiger partial charge in [-0.05, 0) is 44.9 Å². The number of aryl methyl sites for hydroxylation is 1. The van der Waals surface area contributed by atoms with E-state index >= 15 is 0 Å². The molecule has 0 aliphatic carbocycles. The Morgan fingerprint density at radius 2 is 1.57 bits per heavy atom. The largest absolute Gasteiger partial charge is 0.343 e. The maximum atomic E-state index is 12.8. The molecule has 0 atom stereocenters. The predicted molar refractivity (Wildman–Crippen MR) is 112 cm³/mol. The lowest BCUT2D eigenvalue weighted by molar-refractivity contribution is -0.131. The van der Waals surface area contributed by atoms with Gasteiger partial charge >= 0.3 is 0 Å². The fourth-order valence-electron chi connectivity index (χ4n) is 3.02. The first-order valence-electron chi connectivity index (χ1n) is 9.89. The first-order chi connectivity index (χ1) is 13.2. The van der Waals surface area contributed by atoms with Crippen molar-refractivity contribution < 1.29 is 18.0 Å². The van der Waals surface area contributed by atoms with Crippen molar-refractivity contribution in [2.24, 2.45) is 0 Å². The lowest BCUT2D eigenvalue weighted by Gasteiger charge is -2.20. The van der Waals surface area contributed by atoms with Gasteiger partial charge in [0.25, 0.3) is 0 Å². The summed E-state index contributed by atoms with van der Waals surface area (Å²) in [5.41, 5.74) is 1.08. The number of rotatable bonds is 11. The van der Waals surface area contributed by atoms with Crippen molar-refractivity contribution >= 4 is 27.5 Å². The van der Waals surface area contributed by atoms with Crippen LogP contribution >= 0.6 is 0 Å². The van der Waals surface area contributed by atoms with Crippen LogP contribution in [-0.4, -0.2) is 55.6 Å². The highest BCUT2D eigenvalue weighted by atomic mass is 32.2. The third-order valence-corrected chi connectivity index (χ3v) is 6.90. The summed E-state index contributed by atoms with van der Waals surface area (Å²) in [7, 11) is -3.60. The van der Waals surface area contributed by atoms with Crippen molar-refractivity contribution in [3.63, 3.8) is 0 Å². The lowest BCUT2D eigenvalue weighted by Crippen LogP contribution is -2.31. The van der Waals surface area contributed by atoms with Gasteiger partial charge in [-0.15, -0.1) is 0 Å². The minimum Gasteiger partial charge on any atom is -0.343 e. The van der Waals surface area contributed by atoms with E-state index in [1.165, 1.54) is 10.4 Å². The van der Waals surface area contributed by atoms with Crippen molar-refractivity contribution in [3.05, 3.63) is 23.8 Å². The topological polar surface area (TPSA) is 86.8 Å². The quantitative estimate of drug-likeness (QED) is 0.606. The number of sulfonamides is 1. The predicted octanol–water partition coefficient (Wildman–Crippen LogP) is 3.00. The first kappa shape index (κ1) is 24.1. The van der Waals surface area contributed by atoms with Crippen molar-refractivity contribution in [1.29, 1.82) is 0 Å². The van der Waals surface area contributed by atoms with E-state index in [4.69, 9.17) is 0 Å². The van der Waals surface area contributed by atoms with Crippen LogP contribution in [0.4, 0.5) is 5.69 Å². The molecule has 1 rings (SSSR count). The molecule has 28 heavy (non-hydrogen) atoms. The van der Waals surface area contributed by atoms with Gasteiger partial charge in [0.2, 0.25) is 21.8 Å². The Bertz CT molecular complexity index is 770. The highest BCUT2D eigenvalue weighted by Crippen LogP contribution is 2.23. The van der Waals surface area contributed by atoms with E-state index in [2.05, 4.69) is 5.32 Å². The molecule has 0 spiro atoms. The molecule has 0 saturated heterocycles. The number of carbonyl (C=O) groups is 2. The van der Waals surface area contributed by atoms with Crippen LogP contribution in [0.3, 0.4) is 0 Å². The van der Waals surface area contributed by atoms with Crippen LogP contribution in [0, 0.1) is 6.92 Å². The molecule has 1 aromatic carbocycles. The van der Waals surface area contributed by atoms with E-state index in [0.717, 1.165) is 0 Å². The third kappa shape index (κ3) is 6.31. The zero-order valence-corrected chi connectivity index (χ0v) is 18.4. The van der Waals surface area contributed by atoms with Crippen LogP contribution in [-0.2, 0) is 19.6 Å². The number of benzene rings is 1. The first-order valence-corrected chi connectivity index (χ1v) is 11.3. The molecule has 0 saturated carbocycles. The van der Waals surface area contributed by atoms with Crippen LogP contribution in [0.25, 0.3) is 0 Å².